The molecule has 0 saturated carbocycles. The second-order valence-electron chi connectivity index (χ2n) is 5.15. The lowest BCUT2D eigenvalue weighted by Gasteiger charge is -2.09. The molecule has 0 fully saturated rings. The zero-order valence-electron chi connectivity index (χ0n) is 14.1. The van der Waals surface area contributed by atoms with E-state index in [-0.39, 0.29) is 18.4 Å². The Labute approximate surface area is 151 Å². The molecule has 1 aromatic heterocycles. The summed E-state index contributed by atoms with van der Waals surface area (Å²) in [5, 5.41) is 7.40. The molecule has 25 heavy (non-hydrogen) atoms. The van der Waals surface area contributed by atoms with E-state index in [4.69, 9.17) is 9.47 Å². The first-order valence-corrected chi connectivity index (χ1v) is 8.96. The van der Waals surface area contributed by atoms with Gasteiger partial charge in [-0.3, -0.25) is 9.59 Å². The fraction of sp³-hybridized carbons (Fsp3) is 0.333. The molecule has 0 bridgehead atoms. The van der Waals surface area contributed by atoms with E-state index in [2.05, 4.69) is 10.6 Å². The van der Waals surface area contributed by atoms with Gasteiger partial charge in [0.2, 0.25) is 5.91 Å². The van der Waals surface area contributed by atoms with Crippen LogP contribution in [0.2, 0.25) is 0 Å². The summed E-state index contributed by atoms with van der Waals surface area (Å²) in [5.74, 6) is 1.07. The highest BCUT2D eigenvalue weighted by Crippen LogP contribution is 2.17. The second kappa shape index (κ2) is 10.4. The van der Waals surface area contributed by atoms with Crippen LogP contribution in [0.4, 0.5) is 0 Å². The maximum Gasteiger partial charge on any atom is 0.258 e. The number of carbonyl (C=O) groups excluding carboxylic acids is 2. The smallest absolute Gasteiger partial charge is 0.258 e. The van der Waals surface area contributed by atoms with E-state index >= 15 is 0 Å². The Balaban J connectivity index is 1.56. The van der Waals surface area contributed by atoms with Crippen molar-refractivity contribution in [2.75, 3.05) is 26.3 Å². The van der Waals surface area contributed by atoms with E-state index < -0.39 is 0 Å². The molecule has 0 radical (unpaired) electrons. The second-order valence-corrected chi connectivity index (χ2v) is 6.18. The fourth-order valence-electron chi connectivity index (χ4n) is 2.04. The van der Waals surface area contributed by atoms with Crippen LogP contribution in [0, 0.1) is 0 Å². The van der Waals surface area contributed by atoms with Crippen LogP contribution in [0.5, 0.6) is 11.5 Å². The van der Waals surface area contributed by atoms with Gasteiger partial charge in [-0.25, -0.2) is 0 Å². The number of ether oxygens (including phenoxy) is 2. The minimum atomic E-state index is -0.235. The molecule has 7 heteroatoms. The molecule has 2 rings (SSSR count). The Kier molecular flexibility index (Phi) is 7.78. The molecule has 0 atom stereocenters. The SMILES string of the molecule is CCOc1ccc(OCC(=O)NCCNC(=O)Cc2cccs2)cc1. The summed E-state index contributed by atoms with van der Waals surface area (Å²) in [7, 11) is 0. The Morgan fingerprint density at radius 1 is 0.960 bits per heavy atom. The number of carbonyl (C=O) groups is 2. The predicted molar refractivity (Wildman–Crippen MR) is 97.1 cm³/mol. The monoisotopic (exact) mass is 362 g/mol. The van der Waals surface area contributed by atoms with Crippen molar-refractivity contribution in [3.05, 3.63) is 46.7 Å². The van der Waals surface area contributed by atoms with Crippen molar-refractivity contribution in [2.24, 2.45) is 0 Å². The van der Waals surface area contributed by atoms with Gasteiger partial charge >= 0.3 is 0 Å². The lowest BCUT2D eigenvalue weighted by Crippen LogP contribution is -2.37. The molecular formula is C18H22N2O4S. The molecule has 134 valence electrons. The Morgan fingerprint density at radius 3 is 2.20 bits per heavy atom. The van der Waals surface area contributed by atoms with Crippen LogP contribution in [0.15, 0.2) is 41.8 Å². The third kappa shape index (κ3) is 7.26. The van der Waals surface area contributed by atoms with Gasteiger partial charge in [0.1, 0.15) is 11.5 Å². The maximum atomic E-state index is 11.7. The van der Waals surface area contributed by atoms with Gasteiger partial charge in [-0.1, -0.05) is 6.07 Å². The predicted octanol–water partition coefficient (Wildman–Crippen LogP) is 2.00. The molecule has 0 aliphatic heterocycles. The van der Waals surface area contributed by atoms with Crippen molar-refractivity contribution < 1.29 is 19.1 Å². The fourth-order valence-corrected chi connectivity index (χ4v) is 2.74. The van der Waals surface area contributed by atoms with Gasteiger partial charge in [0.15, 0.2) is 6.61 Å². The molecule has 6 nitrogen and oxygen atoms in total. The van der Waals surface area contributed by atoms with Crippen molar-refractivity contribution >= 4 is 23.2 Å². The molecule has 2 amide bonds. The van der Waals surface area contributed by atoms with Crippen molar-refractivity contribution in [3.8, 4) is 11.5 Å². The Hall–Kier alpha value is -2.54. The molecule has 0 aliphatic carbocycles. The molecule has 1 aromatic carbocycles. The van der Waals surface area contributed by atoms with Crippen LogP contribution < -0.4 is 20.1 Å². The number of thiophene rings is 1. The van der Waals surface area contributed by atoms with Crippen molar-refractivity contribution in [1.82, 2.24) is 10.6 Å². The van der Waals surface area contributed by atoms with Crippen LogP contribution in [0.3, 0.4) is 0 Å². The summed E-state index contributed by atoms with van der Waals surface area (Å²) in [5.41, 5.74) is 0. The minimum absolute atomic E-state index is 0.0534. The number of nitrogens with one attached hydrogen (secondary N) is 2. The van der Waals surface area contributed by atoms with Crippen molar-refractivity contribution in [1.29, 1.82) is 0 Å². The highest BCUT2D eigenvalue weighted by molar-refractivity contribution is 7.10. The standard InChI is InChI=1S/C18H22N2O4S/c1-2-23-14-5-7-15(8-6-14)24-13-18(22)20-10-9-19-17(21)12-16-4-3-11-25-16/h3-8,11H,2,9-10,12-13H2,1H3,(H,19,21)(H,20,22). The van der Waals surface area contributed by atoms with Gasteiger partial charge in [0.05, 0.1) is 13.0 Å². The first kappa shape index (κ1) is 18.8. The lowest BCUT2D eigenvalue weighted by atomic mass is 10.3. The number of hydrogen-bond acceptors (Lipinski definition) is 5. The highest BCUT2D eigenvalue weighted by Gasteiger charge is 2.05. The van der Waals surface area contributed by atoms with Crippen LogP contribution in [0.1, 0.15) is 11.8 Å². The van der Waals surface area contributed by atoms with Gasteiger partial charge in [-0.2, -0.15) is 0 Å². The largest absolute Gasteiger partial charge is 0.494 e. The zero-order valence-corrected chi connectivity index (χ0v) is 14.9. The van der Waals surface area contributed by atoms with E-state index in [9.17, 15) is 9.59 Å². The average molecular weight is 362 g/mol. The molecule has 0 unspecified atom stereocenters. The first-order chi connectivity index (χ1) is 12.2. The van der Waals surface area contributed by atoms with E-state index in [1.165, 1.54) is 0 Å². The molecule has 2 N–H and O–H groups in total. The Bertz CT molecular complexity index is 656. The van der Waals surface area contributed by atoms with Crippen molar-refractivity contribution in [3.63, 3.8) is 0 Å². The summed E-state index contributed by atoms with van der Waals surface area (Å²) >= 11 is 1.55. The number of rotatable bonds is 10. The summed E-state index contributed by atoms with van der Waals surface area (Å²) in [6.45, 7) is 3.20. The van der Waals surface area contributed by atoms with E-state index in [1.54, 1.807) is 35.6 Å². The number of hydrogen-bond donors (Lipinski definition) is 2. The molecule has 2 aromatic rings. The molecule has 0 saturated heterocycles. The third-order valence-corrected chi connectivity index (χ3v) is 4.07. The topological polar surface area (TPSA) is 76.7 Å². The number of amides is 2. The third-order valence-electron chi connectivity index (χ3n) is 3.19. The number of benzene rings is 1. The summed E-state index contributed by atoms with van der Waals surface area (Å²) in [6, 6.07) is 10.9. The van der Waals surface area contributed by atoms with Gasteiger partial charge < -0.3 is 20.1 Å². The molecule has 0 spiro atoms. The van der Waals surface area contributed by atoms with Crippen LogP contribution in [-0.4, -0.2) is 38.1 Å². The maximum absolute atomic E-state index is 11.7. The Morgan fingerprint density at radius 2 is 1.60 bits per heavy atom. The molecule has 0 aliphatic rings. The quantitative estimate of drug-likeness (QED) is 0.634. The summed E-state index contributed by atoms with van der Waals surface area (Å²) in [6.07, 6.45) is 0.368. The van der Waals surface area contributed by atoms with Gasteiger partial charge in [-0.05, 0) is 42.6 Å². The van der Waals surface area contributed by atoms with E-state index in [0.29, 0.717) is 31.9 Å². The minimum Gasteiger partial charge on any atom is -0.494 e. The zero-order chi connectivity index (χ0) is 17.9. The van der Waals surface area contributed by atoms with E-state index in [1.807, 2.05) is 24.4 Å². The van der Waals surface area contributed by atoms with Gasteiger partial charge in [-0.15, -0.1) is 11.3 Å². The summed E-state index contributed by atoms with van der Waals surface area (Å²) in [4.78, 5) is 24.4. The van der Waals surface area contributed by atoms with Crippen molar-refractivity contribution in [2.45, 2.75) is 13.3 Å². The molecular weight excluding hydrogens is 340 g/mol. The van der Waals surface area contributed by atoms with Crippen LogP contribution in [-0.2, 0) is 16.0 Å². The van der Waals surface area contributed by atoms with E-state index in [0.717, 1.165) is 10.6 Å². The first-order valence-electron chi connectivity index (χ1n) is 8.09. The average Bonchev–Trinajstić information content (AvgIpc) is 3.11. The normalized spacial score (nSPS) is 10.1. The van der Waals surface area contributed by atoms with Gasteiger partial charge in [0.25, 0.3) is 5.91 Å². The lowest BCUT2D eigenvalue weighted by molar-refractivity contribution is -0.124. The van der Waals surface area contributed by atoms with Crippen LogP contribution in [0.25, 0.3) is 0 Å². The van der Waals surface area contributed by atoms with Gasteiger partial charge in [0, 0.05) is 18.0 Å². The summed E-state index contributed by atoms with van der Waals surface area (Å²) < 4.78 is 10.7. The highest BCUT2D eigenvalue weighted by atomic mass is 32.1. The molecule has 1 heterocycles. The van der Waals surface area contributed by atoms with Crippen LogP contribution >= 0.6 is 11.3 Å².